The summed E-state index contributed by atoms with van der Waals surface area (Å²) in [4.78, 5) is 12.3. The lowest BCUT2D eigenvalue weighted by Crippen LogP contribution is -2.21. The van der Waals surface area contributed by atoms with E-state index in [1.165, 1.54) is 5.56 Å². The highest BCUT2D eigenvalue weighted by molar-refractivity contribution is 7.19. The van der Waals surface area contributed by atoms with Gasteiger partial charge in [-0.25, -0.2) is 0 Å². The second-order valence-electron chi connectivity index (χ2n) is 6.37. The van der Waals surface area contributed by atoms with Gasteiger partial charge in [0.1, 0.15) is 5.78 Å². The highest BCUT2D eigenvalue weighted by atomic mass is 31.0. The second kappa shape index (κ2) is 5.53. The van der Waals surface area contributed by atoms with Gasteiger partial charge in [-0.2, -0.15) is 0 Å². The molecule has 0 N–H and O–H groups in total. The van der Waals surface area contributed by atoms with Gasteiger partial charge in [-0.1, -0.05) is 58.7 Å². The summed E-state index contributed by atoms with van der Waals surface area (Å²) in [5, 5.41) is 0. The van der Waals surface area contributed by atoms with Crippen molar-refractivity contribution in [1.29, 1.82) is 0 Å². The normalized spacial score (nSPS) is 13.8. The largest absolute Gasteiger partial charge is 0.546 e. The summed E-state index contributed by atoms with van der Waals surface area (Å²) in [6.45, 7) is 12.7. The van der Waals surface area contributed by atoms with Crippen LogP contribution in [0.1, 0.15) is 56.1 Å². The van der Waals surface area contributed by atoms with E-state index in [1.807, 2.05) is 13.0 Å². The first-order valence-corrected chi connectivity index (χ1v) is 7.08. The Morgan fingerprint density at radius 1 is 1.22 bits per heavy atom. The minimum Gasteiger partial charge on any atom is -0.546 e. The molecule has 1 aromatic rings. The first-order chi connectivity index (χ1) is 8.14. The van der Waals surface area contributed by atoms with E-state index in [2.05, 4.69) is 56.0 Å². The van der Waals surface area contributed by atoms with Crippen LogP contribution in [0.4, 0.5) is 0 Å². The fourth-order valence-corrected chi connectivity index (χ4v) is 2.03. The van der Waals surface area contributed by atoms with Crippen LogP contribution in [0.2, 0.25) is 0 Å². The number of aryl methyl sites for hydroxylation is 1. The van der Waals surface area contributed by atoms with Crippen molar-refractivity contribution in [2.75, 3.05) is 0 Å². The van der Waals surface area contributed by atoms with Crippen molar-refractivity contribution in [2.45, 2.75) is 52.6 Å². The number of hydrogen-bond donors (Lipinski definition) is 0. The number of ketones is 1. The standard InChI is InChI=1S/C16H24OP/c1-10(2)15(18)14(17)13-8-7-12(9-11(13)3)16(4,5)6/h7-10,15,18H,1-6H3/q-1. The molecule has 0 heterocycles. The van der Waals surface area contributed by atoms with Crippen molar-refractivity contribution in [3.05, 3.63) is 34.9 Å². The van der Waals surface area contributed by atoms with Crippen LogP contribution in [0.15, 0.2) is 18.2 Å². The van der Waals surface area contributed by atoms with E-state index >= 15 is 0 Å². The van der Waals surface area contributed by atoms with E-state index < -0.39 is 0 Å². The Morgan fingerprint density at radius 3 is 2.17 bits per heavy atom. The molecular formula is C16H24OP-. The van der Waals surface area contributed by atoms with Crippen molar-refractivity contribution in [2.24, 2.45) is 5.92 Å². The monoisotopic (exact) mass is 263 g/mol. The first kappa shape index (κ1) is 15.4. The average molecular weight is 263 g/mol. The van der Waals surface area contributed by atoms with Crippen LogP contribution in [0.25, 0.3) is 0 Å². The minimum absolute atomic E-state index is 0.107. The summed E-state index contributed by atoms with van der Waals surface area (Å²) in [5.41, 5.74) is 3.18. The highest BCUT2D eigenvalue weighted by Gasteiger charge is 2.18. The van der Waals surface area contributed by atoms with Crippen LogP contribution in [0, 0.1) is 12.8 Å². The third-order valence-electron chi connectivity index (χ3n) is 3.31. The molecule has 18 heavy (non-hydrogen) atoms. The Morgan fingerprint density at radius 2 is 1.78 bits per heavy atom. The number of carbonyl (C=O) groups excluding carboxylic acids is 1. The molecule has 0 amide bonds. The van der Waals surface area contributed by atoms with Crippen LogP contribution in [-0.2, 0) is 5.41 Å². The smallest absolute Gasteiger partial charge is 0.137 e. The SMILES string of the molecule is Cc1cc(C(C)(C)C)ccc1C(=O)C([PH-])C(C)C. The molecule has 1 unspecified atom stereocenters. The van der Waals surface area contributed by atoms with Crippen molar-refractivity contribution >= 4 is 15.0 Å². The molecule has 0 fully saturated rings. The third-order valence-corrected chi connectivity index (χ3v) is 4.24. The molecule has 1 atom stereocenters. The highest BCUT2D eigenvalue weighted by Crippen LogP contribution is 2.26. The zero-order chi connectivity index (χ0) is 14.1. The average Bonchev–Trinajstić information content (AvgIpc) is 2.25. The molecule has 0 saturated carbocycles. The summed E-state index contributed by atoms with van der Waals surface area (Å²) in [6, 6.07) is 6.17. The fourth-order valence-electron chi connectivity index (χ4n) is 1.88. The van der Waals surface area contributed by atoms with Crippen LogP contribution in [-0.4, -0.2) is 11.4 Å². The zero-order valence-corrected chi connectivity index (χ0v) is 13.3. The van der Waals surface area contributed by atoms with Gasteiger partial charge in [0, 0.05) is 5.56 Å². The van der Waals surface area contributed by atoms with Gasteiger partial charge in [0.2, 0.25) is 0 Å². The molecule has 1 rings (SSSR count). The van der Waals surface area contributed by atoms with E-state index in [0.29, 0.717) is 5.92 Å². The predicted molar refractivity (Wildman–Crippen MR) is 81.2 cm³/mol. The van der Waals surface area contributed by atoms with Gasteiger partial charge >= 0.3 is 0 Å². The Labute approximate surface area is 114 Å². The Hall–Kier alpha value is -0.680. The number of carbonyl (C=O) groups is 1. The number of Topliss-reactive ketones (excluding diaryl/α,β-unsaturated/α-hetero) is 1. The number of hydrogen-bond acceptors (Lipinski definition) is 1. The zero-order valence-electron chi connectivity index (χ0n) is 12.3. The molecule has 0 spiro atoms. The van der Waals surface area contributed by atoms with Gasteiger partial charge in [-0.15, -0.1) is 5.66 Å². The number of benzene rings is 1. The molecule has 1 aromatic carbocycles. The molecule has 0 aliphatic carbocycles. The quantitative estimate of drug-likeness (QED) is 0.573. The van der Waals surface area contributed by atoms with Gasteiger partial charge in [-0.05, 0) is 23.5 Å². The minimum atomic E-state index is -0.107. The lowest BCUT2D eigenvalue weighted by Gasteiger charge is -2.25. The Kier molecular flexibility index (Phi) is 4.72. The van der Waals surface area contributed by atoms with E-state index in [9.17, 15) is 4.79 Å². The summed E-state index contributed by atoms with van der Waals surface area (Å²) in [6.07, 6.45) is 0. The summed E-state index contributed by atoms with van der Waals surface area (Å²) < 4.78 is 0. The molecular weight excluding hydrogens is 239 g/mol. The van der Waals surface area contributed by atoms with Gasteiger partial charge in [0.15, 0.2) is 0 Å². The molecule has 100 valence electrons. The lowest BCUT2D eigenvalue weighted by molar-refractivity contribution is 0.0974. The van der Waals surface area contributed by atoms with Crippen molar-refractivity contribution < 1.29 is 4.79 Å². The predicted octanol–water partition coefficient (Wildman–Crippen LogP) is 4.64. The van der Waals surface area contributed by atoms with Gasteiger partial charge < -0.3 is 9.24 Å². The molecule has 1 nitrogen and oxygen atoms in total. The molecule has 2 heteroatoms. The summed E-state index contributed by atoms with van der Waals surface area (Å²) in [5.74, 6) is 0.482. The Bertz CT molecular complexity index is 441. The molecule has 0 radical (unpaired) electrons. The maximum atomic E-state index is 12.3. The molecule has 0 aliphatic rings. The van der Waals surface area contributed by atoms with Crippen LogP contribution >= 0.6 is 9.24 Å². The van der Waals surface area contributed by atoms with E-state index in [-0.39, 0.29) is 16.9 Å². The van der Waals surface area contributed by atoms with Crippen molar-refractivity contribution in [1.82, 2.24) is 0 Å². The fraction of sp³-hybridized carbons (Fsp3) is 0.562. The van der Waals surface area contributed by atoms with Gasteiger partial charge in [-0.3, -0.25) is 4.79 Å². The van der Waals surface area contributed by atoms with Crippen molar-refractivity contribution in [3.8, 4) is 0 Å². The lowest BCUT2D eigenvalue weighted by atomic mass is 9.84. The van der Waals surface area contributed by atoms with Crippen LogP contribution in [0.5, 0.6) is 0 Å². The second-order valence-corrected chi connectivity index (χ2v) is 6.99. The molecule has 0 aromatic heterocycles. The maximum Gasteiger partial charge on any atom is 0.137 e. The van der Waals surface area contributed by atoms with Gasteiger partial charge in [0.05, 0.1) is 0 Å². The maximum absolute atomic E-state index is 12.3. The Balaban J connectivity index is 3.11. The van der Waals surface area contributed by atoms with E-state index in [1.54, 1.807) is 0 Å². The topological polar surface area (TPSA) is 17.1 Å². The van der Waals surface area contributed by atoms with Crippen LogP contribution < -0.4 is 0 Å². The third kappa shape index (κ3) is 3.42. The van der Waals surface area contributed by atoms with Gasteiger partial charge in [0.25, 0.3) is 0 Å². The molecule has 0 bridgehead atoms. The van der Waals surface area contributed by atoms with E-state index in [0.717, 1.165) is 11.1 Å². The van der Waals surface area contributed by atoms with Crippen LogP contribution in [0.3, 0.4) is 0 Å². The summed E-state index contributed by atoms with van der Waals surface area (Å²) >= 11 is 0. The van der Waals surface area contributed by atoms with Crippen molar-refractivity contribution in [3.63, 3.8) is 0 Å². The summed E-state index contributed by atoms with van der Waals surface area (Å²) in [7, 11) is 3.54. The van der Waals surface area contributed by atoms with E-state index in [4.69, 9.17) is 0 Å². The molecule has 0 saturated heterocycles. The molecule has 0 aliphatic heterocycles. The number of rotatable bonds is 3. The first-order valence-electron chi connectivity index (χ1n) is 6.51.